The molecular weight excluding hydrogens is 303 g/mol. The molecule has 1 aromatic carbocycles. The molecule has 0 atom stereocenters. The van der Waals surface area contributed by atoms with Crippen LogP contribution in [0.1, 0.15) is 5.69 Å². The Morgan fingerprint density at radius 2 is 2.05 bits per heavy atom. The molecule has 0 unspecified atom stereocenters. The maximum atomic E-state index is 13.0. The van der Waals surface area contributed by atoms with Gasteiger partial charge in [-0.25, -0.2) is 9.37 Å². The first-order valence-electron chi connectivity index (χ1n) is 6.36. The number of rotatable bonds is 2. The number of fused-ring (bicyclic) bond motifs is 1. The van der Waals surface area contributed by atoms with Crippen molar-refractivity contribution in [1.82, 2.24) is 14.6 Å². The lowest BCUT2D eigenvalue weighted by atomic mass is 10.1. The van der Waals surface area contributed by atoms with Gasteiger partial charge >= 0.3 is 0 Å². The van der Waals surface area contributed by atoms with Crippen molar-refractivity contribution in [3.63, 3.8) is 0 Å². The van der Waals surface area contributed by atoms with E-state index < -0.39 is 0 Å². The van der Waals surface area contributed by atoms with Crippen molar-refractivity contribution in [2.45, 2.75) is 0 Å². The second kappa shape index (κ2) is 4.79. The fraction of sp³-hybridized carbons (Fsp3) is 0. The van der Waals surface area contributed by atoms with Crippen LogP contribution in [0.3, 0.4) is 0 Å². The molecule has 5 nitrogen and oxygen atoms in total. The molecule has 0 bridgehead atoms. The lowest BCUT2D eigenvalue weighted by Crippen LogP contribution is -1.91. The second-order valence-electron chi connectivity index (χ2n) is 4.51. The summed E-state index contributed by atoms with van der Waals surface area (Å²) in [4.78, 5) is 5.03. The first kappa shape index (κ1) is 12.7. The van der Waals surface area contributed by atoms with Crippen LogP contribution in [0.4, 0.5) is 4.39 Å². The summed E-state index contributed by atoms with van der Waals surface area (Å²) in [6, 6.07) is 11.5. The number of halogens is 1. The predicted octanol–water partition coefficient (Wildman–Crippen LogP) is 3.73. The number of imidazole rings is 1. The second-order valence-corrected chi connectivity index (χ2v) is 5.46. The van der Waals surface area contributed by atoms with Gasteiger partial charge in [0.15, 0.2) is 16.5 Å². The molecule has 0 aliphatic carbocycles. The van der Waals surface area contributed by atoms with E-state index in [0.29, 0.717) is 32.7 Å². The van der Waals surface area contributed by atoms with E-state index >= 15 is 0 Å². The highest BCUT2D eigenvalue weighted by atomic mass is 32.1. The third-order valence-electron chi connectivity index (χ3n) is 3.16. The summed E-state index contributed by atoms with van der Waals surface area (Å²) >= 11 is 1.32. The lowest BCUT2D eigenvalue weighted by Gasteiger charge is -1.97. The summed E-state index contributed by atoms with van der Waals surface area (Å²) in [5.41, 5.74) is 1.48. The molecule has 0 N–H and O–H groups in total. The van der Waals surface area contributed by atoms with Crippen LogP contribution in [-0.2, 0) is 0 Å². The Morgan fingerprint density at radius 3 is 2.73 bits per heavy atom. The topological polar surface area (TPSA) is 67.1 Å². The molecule has 0 fully saturated rings. The van der Waals surface area contributed by atoms with E-state index in [1.807, 2.05) is 0 Å². The van der Waals surface area contributed by atoms with Crippen LogP contribution >= 0.6 is 11.3 Å². The largest absolute Gasteiger partial charge is 0.462 e. The van der Waals surface area contributed by atoms with E-state index in [1.165, 1.54) is 28.0 Å². The van der Waals surface area contributed by atoms with E-state index in [0.717, 1.165) is 0 Å². The molecule has 7 heteroatoms. The van der Waals surface area contributed by atoms with E-state index in [1.54, 1.807) is 30.5 Å². The minimum atomic E-state index is -0.332. The number of aromatic nitrogens is 3. The number of benzene rings is 1. The van der Waals surface area contributed by atoms with Crippen LogP contribution in [0.25, 0.3) is 27.0 Å². The number of hydrogen-bond acceptors (Lipinski definition) is 5. The van der Waals surface area contributed by atoms with E-state index in [-0.39, 0.29) is 5.82 Å². The molecule has 0 aliphatic rings. The van der Waals surface area contributed by atoms with Gasteiger partial charge in [-0.3, -0.25) is 0 Å². The third kappa shape index (κ3) is 1.89. The summed E-state index contributed by atoms with van der Waals surface area (Å²) in [5, 5.41) is 14.4. The Bertz CT molecular complexity index is 993. The highest BCUT2D eigenvalue weighted by molar-refractivity contribution is 7.19. The first-order valence-corrected chi connectivity index (χ1v) is 7.17. The zero-order valence-corrected chi connectivity index (χ0v) is 11.8. The van der Waals surface area contributed by atoms with Crippen molar-refractivity contribution in [3.05, 3.63) is 54.2 Å². The molecule has 106 valence electrons. The molecule has 0 aliphatic heterocycles. The quantitative estimate of drug-likeness (QED) is 0.566. The molecule has 0 radical (unpaired) electrons. The van der Waals surface area contributed by atoms with Gasteiger partial charge in [0.2, 0.25) is 4.96 Å². The van der Waals surface area contributed by atoms with Gasteiger partial charge in [-0.15, -0.1) is 5.10 Å². The Balaban J connectivity index is 1.89. The minimum absolute atomic E-state index is 0.315. The Morgan fingerprint density at radius 1 is 1.23 bits per heavy atom. The minimum Gasteiger partial charge on any atom is -0.462 e. The zero-order valence-electron chi connectivity index (χ0n) is 11.0. The Kier molecular flexibility index (Phi) is 2.77. The van der Waals surface area contributed by atoms with Crippen molar-refractivity contribution in [2.75, 3.05) is 0 Å². The molecule has 22 heavy (non-hydrogen) atoms. The molecule has 0 amide bonds. The van der Waals surface area contributed by atoms with Gasteiger partial charge in [0.1, 0.15) is 17.6 Å². The first-order chi connectivity index (χ1) is 10.8. The van der Waals surface area contributed by atoms with Crippen molar-refractivity contribution < 1.29 is 8.81 Å². The zero-order chi connectivity index (χ0) is 15.1. The monoisotopic (exact) mass is 310 g/mol. The molecule has 4 aromatic rings. The highest BCUT2D eigenvalue weighted by Crippen LogP contribution is 2.30. The smallest absolute Gasteiger partial charge is 0.214 e. The molecule has 0 saturated carbocycles. The molecule has 0 spiro atoms. The van der Waals surface area contributed by atoms with Gasteiger partial charge in [-0.05, 0) is 36.4 Å². The van der Waals surface area contributed by atoms with Crippen LogP contribution in [0.15, 0.2) is 47.1 Å². The average Bonchev–Trinajstić information content (AvgIpc) is 3.22. The fourth-order valence-corrected chi connectivity index (χ4v) is 3.03. The van der Waals surface area contributed by atoms with Crippen LogP contribution in [0, 0.1) is 17.1 Å². The van der Waals surface area contributed by atoms with Gasteiger partial charge < -0.3 is 4.42 Å². The highest BCUT2D eigenvalue weighted by Gasteiger charge is 2.19. The predicted molar refractivity (Wildman–Crippen MR) is 78.7 cm³/mol. The molecular formula is C15H7FN4OS. The van der Waals surface area contributed by atoms with Crippen molar-refractivity contribution in [3.8, 4) is 28.1 Å². The maximum absolute atomic E-state index is 13.0. The van der Waals surface area contributed by atoms with Crippen LogP contribution in [0.5, 0.6) is 0 Å². The summed E-state index contributed by atoms with van der Waals surface area (Å²) in [5.74, 6) is 0.296. The molecule has 3 heterocycles. The molecule has 0 saturated heterocycles. The van der Waals surface area contributed by atoms with Gasteiger partial charge in [-0.1, -0.05) is 11.3 Å². The summed E-state index contributed by atoms with van der Waals surface area (Å²) in [7, 11) is 0. The third-order valence-corrected chi connectivity index (χ3v) is 4.08. The van der Waals surface area contributed by atoms with Crippen molar-refractivity contribution in [1.29, 1.82) is 5.26 Å². The SMILES string of the molecule is N#Cc1c(-c2ccc(F)cc2)nc2sc(-c3ccco3)nn12. The number of furan rings is 1. The molecule has 4 rings (SSSR count). The summed E-state index contributed by atoms with van der Waals surface area (Å²) < 4.78 is 19.8. The average molecular weight is 310 g/mol. The van der Waals surface area contributed by atoms with Gasteiger partial charge in [0, 0.05) is 5.56 Å². The normalized spacial score (nSPS) is 10.9. The number of nitriles is 1. The van der Waals surface area contributed by atoms with E-state index in [4.69, 9.17) is 4.42 Å². The summed E-state index contributed by atoms with van der Waals surface area (Å²) in [6.45, 7) is 0. The van der Waals surface area contributed by atoms with Crippen LogP contribution < -0.4 is 0 Å². The van der Waals surface area contributed by atoms with Gasteiger partial charge in [-0.2, -0.15) is 9.78 Å². The van der Waals surface area contributed by atoms with Crippen molar-refractivity contribution in [2.24, 2.45) is 0 Å². The Hall–Kier alpha value is -2.98. The van der Waals surface area contributed by atoms with E-state index in [9.17, 15) is 9.65 Å². The maximum Gasteiger partial charge on any atom is 0.214 e. The fourth-order valence-electron chi connectivity index (χ4n) is 2.16. The number of hydrogen-bond donors (Lipinski definition) is 0. The van der Waals surface area contributed by atoms with E-state index in [2.05, 4.69) is 16.2 Å². The van der Waals surface area contributed by atoms with Crippen LogP contribution in [-0.4, -0.2) is 14.6 Å². The Labute approximate surface area is 127 Å². The van der Waals surface area contributed by atoms with Gasteiger partial charge in [0.25, 0.3) is 0 Å². The number of nitrogens with zero attached hydrogens (tertiary/aromatic N) is 4. The van der Waals surface area contributed by atoms with Crippen molar-refractivity contribution >= 4 is 16.3 Å². The standard InChI is InChI=1S/C15H7FN4OS/c16-10-5-3-9(4-6-10)13-11(8-17)20-15(18-13)22-14(19-20)12-2-1-7-21-12/h1-7H. The lowest BCUT2D eigenvalue weighted by molar-refractivity contribution is 0.580. The summed E-state index contributed by atoms with van der Waals surface area (Å²) in [6.07, 6.45) is 1.56. The molecule has 3 aromatic heterocycles. The van der Waals surface area contributed by atoms with Crippen LogP contribution in [0.2, 0.25) is 0 Å². The van der Waals surface area contributed by atoms with Gasteiger partial charge in [0.05, 0.1) is 6.26 Å².